The molecule has 0 radical (unpaired) electrons. The van der Waals surface area contributed by atoms with Crippen LogP contribution in [0.25, 0.3) is 10.8 Å². The van der Waals surface area contributed by atoms with Gasteiger partial charge in [0.15, 0.2) is 6.10 Å². The molecule has 2 aliphatic rings. The number of hydroxylamine groups is 1. The maximum atomic E-state index is 13.9. The van der Waals surface area contributed by atoms with Crippen molar-refractivity contribution in [2.45, 2.75) is 19.1 Å². The van der Waals surface area contributed by atoms with E-state index in [1.54, 1.807) is 5.06 Å². The number of aryl methyl sites for hydroxylation is 1. The van der Waals surface area contributed by atoms with Gasteiger partial charge in [0.1, 0.15) is 5.92 Å². The first-order valence-corrected chi connectivity index (χ1v) is 11.1. The normalized spacial score (nSPS) is 22.3. The van der Waals surface area contributed by atoms with Crippen LogP contribution in [0.5, 0.6) is 0 Å². The summed E-state index contributed by atoms with van der Waals surface area (Å²) in [6, 6.07) is 30.8. The van der Waals surface area contributed by atoms with Gasteiger partial charge >= 0.3 is 0 Å². The first kappa shape index (κ1) is 19.7. The van der Waals surface area contributed by atoms with E-state index in [2.05, 4.69) is 0 Å². The summed E-state index contributed by atoms with van der Waals surface area (Å²) in [6.07, 6.45) is -0.872. The van der Waals surface area contributed by atoms with E-state index in [-0.39, 0.29) is 11.8 Å². The number of nitrogens with zero attached hydrogens (tertiary/aromatic N) is 2. The fourth-order valence-corrected chi connectivity index (χ4v) is 4.96. The largest absolute Gasteiger partial charge is 0.273 e. The van der Waals surface area contributed by atoms with Crippen molar-refractivity contribution in [2.24, 2.45) is 5.92 Å². The van der Waals surface area contributed by atoms with E-state index in [9.17, 15) is 9.59 Å². The molecule has 2 fully saturated rings. The first-order valence-electron chi connectivity index (χ1n) is 11.1. The van der Waals surface area contributed by atoms with Crippen LogP contribution in [0.3, 0.4) is 0 Å². The van der Waals surface area contributed by atoms with Gasteiger partial charge in [0.05, 0.1) is 17.4 Å². The Morgan fingerprint density at radius 2 is 1.42 bits per heavy atom. The van der Waals surface area contributed by atoms with Gasteiger partial charge in [-0.25, -0.2) is 9.96 Å². The van der Waals surface area contributed by atoms with E-state index < -0.39 is 18.1 Å². The number of carbonyl (C=O) groups is 2. The molecular weight excluding hydrogens is 412 g/mol. The zero-order valence-electron chi connectivity index (χ0n) is 18.1. The van der Waals surface area contributed by atoms with Crippen LogP contribution < -0.4 is 9.96 Å². The van der Waals surface area contributed by atoms with Crippen molar-refractivity contribution in [3.8, 4) is 0 Å². The average Bonchev–Trinajstić information content (AvgIpc) is 3.36. The molecular formula is C28H22N2O3. The fraction of sp³-hybridized carbons (Fsp3) is 0.143. The van der Waals surface area contributed by atoms with Crippen LogP contribution >= 0.6 is 0 Å². The molecule has 2 aliphatic heterocycles. The highest BCUT2D eigenvalue weighted by atomic mass is 16.7. The maximum absolute atomic E-state index is 13.9. The van der Waals surface area contributed by atoms with Gasteiger partial charge < -0.3 is 0 Å². The summed E-state index contributed by atoms with van der Waals surface area (Å²) in [4.78, 5) is 35.0. The molecule has 5 heteroatoms. The summed E-state index contributed by atoms with van der Waals surface area (Å²) in [7, 11) is 0. The molecule has 33 heavy (non-hydrogen) atoms. The Morgan fingerprint density at radius 3 is 2.21 bits per heavy atom. The summed E-state index contributed by atoms with van der Waals surface area (Å²) in [6.45, 7) is 2.03. The van der Waals surface area contributed by atoms with E-state index in [0.717, 1.165) is 27.6 Å². The quantitative estimate of drug-likeness (QED) is 0.416. The highest BCUT2D eigenvalue weighted by molar-refractivity contribution is 6.26. The second kappa shape index (κ2) is 7.57. The van der Waals surface area contributed by atoms with Crippen LogP contribution in [-0.4, -0.2) is 17.9 Å². The maximum Gasteiger partial charge on any atom is 0.266 e. The van der Waals surface area contributed by atoms with Crippen LogP contribution in [0.2, 0.25) is 0 Å². The lowest BCUT2D eigenvalue weighted by atomic mass is 9.90. The summed E-state index contributed by atoms with van der Waals surface area (Å²) in [5.41, 5.74) is 3.49. The molecule has 5 nitrogen and oxygen atoms in total. The van der Waals surface area contributed by atoms with Crippen molar-refractivity contribution in [1.29, 1.82) is 0 Å². The predicted molar refractivity (Wildman–Crippen MR) is 128 cm³/mol. The number of hydrogen-bond acceptors (Lipinski definition) is 4. The number of amides is 2. The van der Waals surface area contributed by atoms with Gasteiger partial charge in [0.25, 0.3) is 5.91 Å². The third-order valence-corrected chi connectivity index (χ3v) is 6.55. The van der Waals surface area contributed by atoms with Crippen molar-refractivity contribution >= 4 is 34.0 Å². The lowest BCUT2D eigenvalue weighted by molar-refractivity contribution is -0.126. The van der Waals surface area contributed by atoms with Gasteiger partial charge in [-0.2, -0.15) is 0 Å². The number of hydrogen-bond donors (Lipinski definition) is 0. The number of carbonyl (C=O) groups excluding carboxylic acids is 2. The standard InChI is InChI=1S/C28H22N2O3/c1-18-14-16-20(17-15-18)25-24-26(33-30(25)21-10-3-2-4-11-21)28(32)29(27(24)31)23-13-7-9-19-8-5-6-12-22(19)23/h2-17,24-26H,1H3/t24-,25-,26-/m1/s1. The molecule has 0 aromatic heterocycles. The van der Waals surface area contributed by atoms with Gasteiger partial charge in [-0.15, -0.1) is 0 Å². The third kappa shape index (κ3) is 3.04. The number of rotatable bonds is 3. The second-order valence-electron chi connectivity index (χ2n) is 8.58. The van der Waals surface area contributed by atoms with Crippen molar-refractivity contribution in [3.05, 3.63) is 108 Å². The Bertz CT molecular complexity index is 1360. The van der Waals surface area contributed by atoms with Gasteiger partial charge in [-0.05, 0) is 36.1 Å². The number of para-hydroxylation sites is 1. The number of imide groups is 1. The van der Waals surface area contributed by atoms with Crippen LogP contribution in [0.1, 0.15) is 17.2 Å². The molecule has 4 aromatic rings. The lowest BCUT2D eigenvalue weighted by Crippen LogP contribution is -2.37. The first-order chi connectivity index (χ1) is 16.1. The lowest BCUT2D eigenvalue weighted by Gasteiger charge is -2.29. The molecule has 0 bridgehead atoms. The summed E-state index contributed by atoms with van der Waals surface area (Å²) >= 11 is 0. The van der Waals surface area contributed by atoms with E-state index >= 15 is 0 Å². The smallest absolute Gasteiger partial charge is 0.266 e. The Balaban J connectivity index is 1.46. The van der Waals surface area contributed by atoms with Crippen molar-refractivity contribution < 1.29 is 14.4 Å². The number of fused-ring (bicyclic) bond motifs is 2. The summed E-state index contributed by atoms with van der Waals surface area (Å²) in [5, 5.41) is 3.58. The molecule has 6 rings (SSSR count). The minimum absolute atomic E-state index is 0.231. The average molecular weight is 434 g/mol. The molecule has 4 aromatic carbocycles. The van der Waals surface area contributed by atoms with Crippen molar-refractivity contribution in [2.75, 3.05) is 9.96 Å². The van der Waals surface area contributed by atoms with Crippen LogP contribution in [-0.2, 0) is 14.4 Å². The molecule has 2 saturated heterocycles. The molecule has 0 N–H and O–H groups in total. The van der Waals surface area contributed by atoms with E-state index in [4.69, 9.17) is 4.84 Å². The molecule has 0 spiro atoms. The van der Waals surface area contributed by atoms with E-state index in [1.807, 2.05) is 104 Å². The highest BCUT2D eigenvalue weighted by Gasteiger charge is 2.60. The molecule has 0 saturated carbocycles. The van der Waals surface area contributed by atoms with Crippen molar-refractivity contribution in [3.63, 3.8) is 0 Å². The monoisotopic (exact) mass is 434 g/mol. The van der Waals surface area contributed by atoms with Crippen molar-refractivity contribution in [1.82, 2.24) is 0 Å². The number of anilines is 2. The molecule has 0 aliphatic carbocycles. The number of benzene rings is 4. The van der Waals surface area contributed by atoms with Crippen LogP contribution in [0, 0.1) is 12.8 Å². The minimum Gasteiger partial charge on any atom is -0.273 e. The van der Waals surface area contributed by atoms with Gasteiger partial charge in [0, 0.05) is 5.39 Å². The summed E-state index contributed by atoms with van der Waals surface area (Å²) in [5.74, 6) is -1.19. The fourth-order valence-electron chi connectivity index (χ4n) is 4.96. The summed E-state index contributed by atoms with van der Waals surface area (Å²) < 4.78 is 0. The molecule has 0 unspecified atom stereocenters. The predicted octanol–water partition coefficient (Wildman–Crippen LogP) is 5.20. The highest BCUT2D eigenvalue weighted by Crippen LogP contribution is 2.48. The Kier molecular flexibility index (Phi) is 4.52. The van der Waals surface area contributed by atoms with E-state index in [1.165, 1.54) is 4.90 Å². The Morgan fingerprint density at radius 1 is 0.727 bits per heavy atom. The SMILES string of the molecule is Cc1ccc([C@@H]2[C@H]3C(=O)N(c4cccc5ccccc45)C(=O)[C@@H]3ON2c2ccccc2)cc1. The van der Waals surface area contributed by atoms with Gasteiger partial charge in [-0.1, -0.05) is 84.4 Å². The van der Waals surface area contributed by atoms with E-state index in [0.29, 0.717) is 5.69 Å². The Labute approximate surface area is 191 Å². The zero-order valence-corrected chi connectivity index (χ0v) is 18.1. The molecule has 3 atom stereocenters. The third-order valence-electron chi connectivity index (χ3n) is 6.55. The minimum atomic E-state index is -0.872. The van der Waals surface area contributed by atoms with Crippen LogP contribution in [0.4, 0.5) is 11.4 Å². The van der Waals surface area contributed by atoms with Gasteiger partial charge in [-0.3, -0.25) is 14.4 Å². The Hall–Kier alpha value is -3.96. The molecule has 2 heterocycles. The molecule has 162 valence electrons. The second-order valence-corrected chi connectivity index (χ2v) is 8.58. The van der Waals surface area contributed by atoms with Crippen LogP contribution in [0.15, 0.2) is 97.1 Å². The molecule has 2 amide bonds. The zero-order chi connectivity index (χ0) is 22.5. The van der Waals surface area contributed by atoms with Gasteiger partial charge in [0.2, 0.25) is 5.91 Å². The topological polar surface area (TPSA) is 49.9 Å².